The molecule has 0 bridgehead atoms. The summed E-state index contributed by atoms with van der Waals surface area (Å²) < 4.78 is 5.56. The number of nitrogens with one attached hydrogen (secondary N) is 2. The second-order valence-corrected chi connectivity index (χ2v) is 7.98. The highest BCUT2D eigenvalue weighted by Crippen LogP contribution is 2.44. The Morgan fingerprint density at radius 1 is 0.938 bits per heavy atom. The van der Waals surface area contributed by atoms with Gasteiger partial charge in [0.15, 0.2) is 0 Å². The van der Waals surface area contributed by atoms with Gasteiger partial charge in [0, 0.05) is 18.4 Å². The summed E-state index contributed by atoms with van der Waals surface area (Å²) >= 11 is 0. The summed E-state index contributed by atoms with van der Waals surface area (Å²) in [6, 6.07) is 15.2. The van der Waals surface area contributed by atoms with E-state index in [1.54, 1.807) is 6.92 Å². The van der Waals surface area contributed by atoms with Gasteiger partial charge in [0.05, 0.1) is 0 Å². The molecule has 0 radical (unpaired) electrons. The van der Waals surface area contributed by atoms with E-state index in [0.29, 0.717) is 19.3 Å². The lowest BCUT2D eigenvalue weighted by atomic mass is 9.98. The Morgan fingerprint density at radius 2 is 1.53 bits per heavy atom. The van der Waals surface area contributed by atoms with Crippen LogP contribution in [0, 0.1) is 0 Å². The number of rotatable bonds is 10. The van der Waals surface area contributed by atoms with E-state index < -0.39 is 18.1 Å². The molecule has 1 aliphatic carbocycles. The molecule has 0 saturated heterocycles. The predicted molar refractivity (Wildman–Crippen MR) is 121 cm³/mol. The molecular formula is C25H30N2O5. The molecule has 1 unspecified atom stereocenters. The predicted octanol–water partition coefficient (Wildman–Crippen LogP) is 4.06. The fourth-order valence-corrected chi connectivity index (χ4v) is 4.10. The molecule has 0 fully saturated rings. The number of amides is 2. The monoisotopic (exact) mass is 438 g/mol. The zero-order valence-corrected chi connectivity index (χ0v) is 18.5. The summed E-state index contributed by atoms with van der Waals surface area (Å²) in [7, 11) is 0. The third kappa shape index (κ3) is 5.46. The maximum Gasteiger partial charge on any atom is 0.407 e. The van der Waals surface area contributed by atoms with E-state index in [1.807, 2.05) is 31.2 Å². The number of aliphatic carboxylic acids is 1. The van der Waals surface area contributed by atoms with Crippen LogP contribution in [0.4, 0.5) is 4.79 Å². The number of carboxylic acid groups (broad SMARTS) is 1. The van der Waals surface area contributed by atoms with Crippen LogP contribution in [-0.4, -0.2) is 41.8 Å². The Kier molecular flexibility index (Phi) is 7.87. The molecule has 3 rings (SSSR count). The average molecular weight is 439 g/mol. The normalized spacial score (nSPS) is 14.1. The van der Waals surface area contributed by atoms with Crippen molar-refractivity contribution < 1.29 is 24.2 Å². The van der Waals surface area contributed by atoms with Crippen LogP contribution < -0.4 is 10.6 Å². The minimum absolute atomic E-state index is 0.0130. The number of carbonyl (C=O) groups is 3. The molecular weight excluding hydrogens is 408 g/mol. The van der Waals surface area contributed by atoms with Gasteiger partial charge < -0.3 is 20.5 Å². The van der Waals surface area contributed by atoms with E-state index in [2.05, 4.69) is 34.9 Å². The summed E-state index contributed by atoms with van der Waals surface area (Å²) in [5, 5.41) is 14.4. The van der Waals surface area contributed by atoms with Gasteiger partial charge in [-0.2, -0.15) is 0 Å². The third-order valence-electron chi connectivity index (χ3n) is 5.92. The van der Waals surface area contributed by atoms with E-state index in [-0.39, 0.29) is 30.9 Å². The summed E-state index contributed by atoms with van der Waals surface area (Å²) in [4.78, 5) is 35.5. The van der Waals surface area contributed by atoms with Gasteiger partial charge in [0.1, 0.15) is 12.6 Å². The van der Waals surface area contributed by atoms with Crippen LogP contribution in [0.2, 0.25) is 0 Å². The molecule has 3 N–H and O–H groups in total. The number of benzene rings is 2. The van der Waals surface area contributed by atoms with Crippen molar-refractivity contribution in [3.8, 4) is 11.1 Å². The molecule has 32 heavy (non-hydrogen) atoms. The van der Waals surface area contributed by atoms with Crippen LogP contribution in [0.5, 0.6) is 0 Å². The maximum absolute atomic E-state index is 12.4. The second kappa shape index (κ2) is 10.8. The lowest BCUT2D eigenvalue weighted by Gasteiger charge is -2.19. The Hall–Kier alpha value is -3.35. The van der Waals surface area contributed by atoms with Gasteiger partial charge in [0.25, 0.3) is 0 Å². The maximum atomic E-state index is 12.4. The van der Waals surface area contributed by atoms with Gasteiger partial charge in [-0.3, -0.25) is 4.79 Å². The Morgan fingerprint density at radius 3 is 2.06 bits per heavy atom. The minimum Gasteiger partial charge on any atom is -0.480 e. The van der Waals surface area contributed by atoms with Crippen molar-refractivity contribution in [3.05, 3.63) is 59.7 Å². The Balaban J connectivity index is 1.52. The van der Waals surface area contributed by atoms with Crippen molar-refractivity contribution in [2.24, 2.45) is 0 Å². The molecule has 0 spiro atoms. The van der Waals surface area contributed by atoms with Crippen LogP contribution in [0.25, 0.3) is 11.1 Å². The van der Waals surface area contributed by atoms with Gasteiger partial charge in [-0.25, -0.2) is 9.59 Å². The third-order valence-corrected chi connectivity index (χ3v) is 5.92. The van der Waals surface area contributed by atoms with Crippen molar-refractivity contribution >= 4 is 18.0 Å². The second-order valence-electron chi connectivity index (χ2n) is 7.98. The molecule has 0 heterocycles. The zero-order chi connectivity index (χ0) is 23.1. The molecule has 0 saturated carbocycles. The van der Waals surface area contributed by atoms with Crippen molar-refractivity contribution in [1.82, 2.24) is 10.6 Å². The lowest BCUT2D eigenvalue weighted by Crippen LogP contribution is -2.41. The highest BCUT2D eigenvalue weighted by atomic mass is 16.5. The largest absolute Gasteiger partial charge is 0.480 e. The number of ether oxygens (including phenoxy) is 1. The van der Waals surface area contributed by atoms with E-state index in [0.717, 1.165) is 11.1 Å². The SMILES string of the molecule is CCC(CCC(=O)N[C@H](CC)C(=O)O)NC(=O)OCC1c2ccccc2-c2ccccc21. The quantitative estimate of drug-likeness (QED) is 0.519. The molecule has 0 aromatic heterocycles. The van der Waals surface area contributed by atoms with Crippen LogP contribution in [0.1, 0.15) is 56.6 Å². The fraction of sp³-hybridized carbons (Fsp3) is 0.400. The number of hydrogen-bond donors (Lipinski definition) is 3. The Bertz CT molecular complexity index is 929. The molecule has 2 aromatic rings. The highest BCUT2D eigenvalue weighted by molar-refractivity contribution is 5.83. The number of alkyl carbamates (subject to hydrolysis) is 1. The summed E-state index contributed by atoms with van der Waals surface area (Å²) in [5.74, 6) is -1.40. The van der Waals surface area contributed by atoms with Gasteiger partial charge >= 0.3 is 12.1 Å². The van der Waals surface area contributed by atoms with Crippen molar-refractivity contribution in [2.75, 3.05) is 6.61 Å². The number of hydrogen-bond acceptors (Lipinski definition) is 4. The smallest absolute Gasteiger partial charge is 0.407 e. The van der Waals surface area contributed by atoms with Crippen LogP contribution in [0.3, 0.4) is 0 Å². The fourth-order valence-electron chi connectivity index (χ4n) is 4.10. The van der Waals surface area contributed by atoms with E-state index in [9.17, 15) is 14.4 Å². The van der Waals surface area contributed by atoms with E-state index in [1.165, 1.54) is 11.1 Å². The van der Waals surface area contributed by atoms with Crippen molar-refractivity contribution in [3.63, 3.8) is 0 Å². The molecule has 2 atom stereocenters. The molecule has 0 aliphatic heterocycles. The van der Waals surface area contributed by atoms with Gasteiger partial charge in [-0.05, 0) is 41.5 Å². The first-order valence-corrected chi connectivity index (χ1v) is 11.1. The van der Waals surface area contributed by atoms with Gasteiger partial charge in [-0.15, -0.1) is 0 Å². The first kappa shape index (κ1) is 23.3. The molecule has 1 aliphatic rings. The lowest BCUT2D eigenvalue weighted by molar-refractivity contribution is -0.141. The Labute approximate surface area is 188 Å². The van der Waals surface area contributed by atoms with Crippen molar-refractivity contribution in [1.29, 1.82) is 0 Å². The standard InChI is InChI=1S/C25H30N2O5/c1-3-16(13-14-23(28)27-22(4-2)24(29)30)26-25(31)32-15-21-19-11-7-5-9-17(19)18-10-6-8-12-20(18)21/h5-12,16,21-22H,3-4,13-15H2,1-2H3,(H,26,31)(H,27,28)(H,29,30)/t16?,22-/m1/s1. The number of fused-ring (bicyclic) bond motifs is 3. The average Bonchev–Trinajstić information content (AvgIpc) is 3.12. The van der Waals surface area contributed by atoms with Crippen molar-refractivity contribution in [2.45, 2.75) is 57.5 Å². The van der Waals surface area contributed by atoms with E-state index >= 15 is 0 Å². The number of carboxylic acids is 1. The van der Waals surface area contributed by atoms with Gasteiger partial charge in [-0.1, -0.05) is 62.4 Å². The molecule has 7 nitrogen and oxygen atoms in total. The van der Waals surface area contributed by atoms with Gasteiger partial charge in [0.2, 0.25) is 5.91 Å². The molecule has 2 aromatic carbocycles. The number of carbonyl (C=O) groups excluding carboxylic acids is 2. The van der Waals surface area contributed by atoms with Crippen LogP contribution in [0.15, 0.2) is 48.5 Å². The molecule has 7 heteroatoms. The molecule has 170 valence electrons. The first-order valence-electron chi connectivity index (χ1n) is 11.1. The van der Waals surface area contributed by atoms with Crippen LogP contribution >= 0.6 is 0 Å². The highest BCUT2D eigenvalue weighted by Gasteiger charge is 2.29. The molecule has 2 amide bonds. The summed E-state index contributed by atoms with van der Waals surface area (Å²) in [6.07, 6.45) is 0.967. The minimum atomic E-state index is -1.05. The van der Waals surface area contributed by atoms with E-state index in [4.69, 9.17) is 9.84 Å². The van der Waals surface area contributed by atoms with Crippen LogP contribution in [-0.2, 0) is 14.3 Å². The zero-order valence-electron chi connectivity index (χ0n) is 18.5. The topological polar surface area (TPSA) is 105 Å². The summed E-state index contributed by atoms with van der Waals surface area (Å²) in [6.45, 7) is 3.85. The summed E-state index contributed by atoms with van der Waals surface area (Å²) in [5.41, 5.74) is 4.63. The first-order chi connectivity index (χ1) is 15.4.